The Morgan fingerprint density at radius 2 is 1.79 bits per heavy atom. The number of nitrogens with one attached hydrogen (secondary N) is 2. The van der Waals surface area contributed by atoms with E-state index in [-0.39, 0.29) is 30.0 Å². The van der Waals surface area contributed by atoms with E-state index in [0.29, 0.717) is 6.54 Å². The molecule has 1 saturated heterocycles. The minimum absolute atomic E-state index is 0. The van der Waals surface area contributed by atoms with Gasteiger partial charge < -0.3 is 15.4 Å². The third kappa shape index (κ3) is 6.44. The van der Waals surface area contributed by atoms with Gasteiger partial charge in [0.2, 0.25) is 0 Å². The summed E-state index contributed by atoms with van der Waals surface area (Å²) in [6.45, 7) is 3.51. The average molecular weight is 561 g/mol. The Balaban J connectivity index is 0.00000306. The second kappa shape index (κ2) is 12.5. The molecule has 176 valence electrons. The first-order valence-electron chi connectivity index (χ1n) is 11.1. The molecule has 9 heteroatoms. The molecular weight excluding hydrogens is 529 g/mol. The predicted octanol–water partition coefficient (Wildman–Crippen LogP) is 3.40. The average Bonchev–Trinajstić information content (AvgIpc) is 3.55. The second-order valence-electron chi connectivity index (χ2n) is 7.79. The van der Waals surface area contributed by atoms with Gasteiger partial charge in [-0.15, -0.1) is 34.2 Å². The highest BCUT2D eigenvalue weighted by atomic mass is 127. The van der Waals surface area contributed by atoms with Gasteiger partial charge in [0.05, 0.1) is 19.7 Å². The van der Waals surface area contributed by atoms with Crippen molar-refractivity contribution in [1.29, 1.82) is 0 Å². The Bertz CT molecular complexity index is 1000. The molecule has 4 rings (SSSR count). The highest BCUT2D eigenvalue weighted by Gasteiger charge is 2.23. The lowest BCUT2D eigenvalue weighted by Gasteiger charge is -2.29. The van der Waals surface area contributed by atoms with Crippen LogP contribution in [0.2, 0.25) is 0 Å². The second-order valence-corrected chi connectivity index (χ2v) is 7.79. The van der Waals surface area contributed by atoms with Crippen molar-refractivity contribution < 1.29 is 4.74 Å². The van der Waals surface area contributed by atoms with Crippen molar-refractivity contribution in [1.82, 2.24) is 30.3 Å². The van der Waals surface area contributed by atoms with E-state index in [4.69, 9.17) is 4.74 Å². The van der Waals surface area contributed by atoms with Crippen LogP contribution in [0.15, 0.2) is 65.9 Å². The van der Waals surface area contributed by atoms with E-state index in [1.54, 1.807) is 20.5 Å². The van der Waals surface area contributed by atoms with Gasteiger partial charge >= 0.3 is 0 Å². The number of para-hydroxylation sites is 1. The van der Waals surface area contributed by atoms with E-state index in [1.165, 1.54) is 18.4 Å². The number of aliphatic imine (C=N–C) groups is 1. The summed E-state index contributed by atoms with van der Waals surface area (Å²) in [5.41, 5.74) is 2.31. The summed E-state index contributed by atoms with van der Waals surface area (Å²) in [5, 5.41) is 15.2. The standard InChI is InChI=1S/C24H31N7O.HI/c1-25-24(27-17-23-29-28-18-31(23)20-8-4-3-5-9-20)26-16-22(30-14-6-7-15-30)19-10-12-21(32-2)13-11-19;/h3-5,8-13,18,22H,6-7,14-17H2,1-2H3,(H2,25,26,27);1H. The lowest BCUT2D eigenvalue weighted by molar-refractivity contribution is 0.245. The van der Waals surface area contributed by atoms with Crippen LogP contribution in [-0.2, 0) is 6.54 Å². The number of ether oxygens (including phenoxy) is 1. The first-order valence-corrected chi connectivity index (χ1v) is 11.1. The van der Waals surface area contributed by atoms with Crippen LogP contribution in [0, 0.1) is 0 Å². The maximum absolute atomic E-state index is 5.33. The summed E-state index contributed by atoms with van der Waals surface area (Å²) >= 11 is 0. The molecule has 8 nitrogen and oxygen atoms in total. The van der Waals surface area contributed by atoms with Gasteiger partial charge in [-0.25, -0.2) is 0 Å². The molecule has 1 atom stereocenters. The van der Waals surface area contributed by atoms with Gasteiger partial charge in [-0.2, -0.15) is 0 Å². The maximum Gasteiger partial charge on any atom is 0.191 e. The molecule has 0 spiro atoms. The van der Waals surface area contributed by atoms with Crippen molar-refractivity contribution in [3.8, 4) is 11.4 Å². The molecule has 1 fully saturated rings. The quantitative estimate of drug-likeness (QED) is 0.250. The van der Waals surface area contributed by atoms with Gasteiger partial charge in [0.1, 0.15) is 12.1 Å². The van der Waals surface area contributed by atoms with E-state index in [1.807, 2.05) is 47.0 Å². The van der Waals surface area contributed by atoms with Crippen molar-refractivity contribution in [3.05, 3.63) is 72.3 Å². The summed E-state index contributed by atoms with van der Waals surface area (Å²) in [6, 6.07) is 18.7. The first-order chi connectivity index (χ1) is 15.8. The zero-order chi connectivity index (χ0) is 22.2. The number of halogens is 1. The molecule has 0 bridgehead atoms. The van der Waals surface area contributed by atoms with Crippen LogP contribution in [0.3, 0.4) is 0 Å². The predicted molar refractivity (Wildman–Crippen MR) is 142 cm³/mol. The number of guanidine groups is 1. The Morgan fingerprint density at radius 3 is 2.45 bits per heavy atom. The zero-order valence-electron chi connectivity index (χ0n) is 19.1. The van der Waals surface area contributed by atoms with Crippen LogP contribution in [0.25, 0.3) is 5.69 Å². The molecule has 2 heterocycles. The number of methoxy groups -OCH3 is 1. The Morgan fingerprint density at radius 1 is 1.06 bits per heavy atom. The van der Waals surface area contributed by atoms with Crippen LogP contribution in [0.5, 0.6) is 5.75 Å². The van der Waals surface area contributed by atoms with Crippen molar-refractivity contribution in [2.45, 2.75) is 25.4 Å². The van der Waals surface area contributed by atoms with Crippen LogP contribution in [0.4, 0.5) is 0 Å². The molecule has 0 aliphatic carbocycles. The molecular formula is C24H32IN7O. The largest absolute Gasteiger partial charge is 0.497 e. The third-order valence-corrected chi connectivity index (χ3v) is 5.84. The van der Waals surface area contributed by atoms with E-state index in [9.17, 15) is 0 Å². The van der Waals surface area contributed by atoms with Gasteiger partial charge in [0.15, 0.2) is 11.8 Å². The van der Waals surface area contributed by atoms with E-state index < -0.39 is 0 Å². The Kier molecular flexibility index (Phi) is 9.49. The van der Waals surface area contributed by atoms with Crippen LogP contribution < -0.4 is 15.4 Å². The van der Waals surface area contributed by atoms with E-state index >= 15 is 0 Å². The lowest BCUT2D eigenvalue weighted by Crippen LogP contribution is -2.42. The minimum atomic E-state index is 0. The Labute approximate surface area is 212 Å². The number of benzene rings is 2. The number of likely N-dealkylation sites (tertiary alicyclic amines) is 1. The zero-order valence-corrected chi connectivity index (χ0v) is 21.5. The van der Waals surface area contributed by atoms with Crippen molar-refractivity contribution in [2.24, 2.45) is 4.99 Å². The summed E-state index contributed by atoms with van der Waals surface area (Å²) in [5.74, 6) is 2.44. The molecule has 1 aliphatic heterocycles. The molecule has 1 aliphatic rings. The van der Waals surface area contributed by atoms with Crippen LogP contribution >= 0.6 is 24.0 Å². The monoisotopic (exact) mass is 561 g/mol. The number of aromatic nitrogens is 3. The summed E-state index contributed by atoms with van der Waals surface area (Å²) in [4.78, 5) is 6.94. The van der Waals surface area contributed by atoms with Gasteiger partial charge in [-0.05, 0) is 55.8 Å². The fourth-order valence-corrected chi connectivity index (χ4v) is 4.10. The molecule has 1 unspecified atom stereocenters. The van der Waals surface area contributed by atoms with Gasteiger partial charge in [-0.3, -0.25) is 14.5 Å². The SMILES string of the molecule is CN=C(NCc1nncn1-c1ccccc1)NCC(c1ccc(OC)cc1)N1CCCC1.I. The van der Waals surface area contributed by atoms with Crippen LogP contribution in [0.1, 0.15) is 30.3 Å². The molecule has 0 amide bonds. The highest BCUT2D eigenvalue weighted by molar-refractivity contribution is 14.0. The number of hydrogen-bond donors (Lipinski definition) is 2. The fraction of sp³-hybridized carbons (Fsp3) is 0.375. The molecule has 1 aromatic heterocycles. The van der Waals surface area contributed by atoms with Crippen LogP contribution in [-0.4, -0.2) is 59.4 Å². The molecule has 33 heavy (non-hydrogen) atoms. The summed E-state index contributed by atoms with van der Waals surface area (Å²) in [6.07, 6.45) is 4.22. The maximum atomic E-state index is 5.33. The number of nitrogens with zero attached hydrogens (tertiary/aromatic N) is 5. The minimum Gasteiger partial charge on any atom is -0.497 e. The fourth-order valence-electron chi connectivity index (χ4n) is 4.10. The molecule has 0 radical (unpaired) electrons. The Hall–Kier alpha value is -2.66. The number of hydrogen-bond acceptors (Lipinski definition) is 5. The smallest absolute Gasteiger partial charge is 0.191 e. The molecule has 3 aromatic rings. The third-order valence-electron chi connectivity index (χ3n) is 5.84. The van der Waals surface area contributed by atoms with E-state index in [2.05, 4.69) is 42.9 Å². The van der Waals surface area contributed by atoms with Gasteiger partial charge in [-0.1, -0.05) is 30.3 Å². The van der Waals surface area contributed by atoms with Crippen molar-refractivity contribution in [3.63, 3.8) is 0 Å². The highest BCUT2D eigenvalue weighted by Crippen LogP contribution is 2.26. The number of rotatable bonds is 8. The summed E-state index contributed by atoms with van der Waals surface area (Å²) in [7, 11) is 3.48. The molecule has 2 N–H and O–H groups in total. The first kappa shape index (κ1) is 25.0. The molecule has 2 aromatic carbocycles. The molecule has 0 saturated carbocycles. The van der Waals surface area contributed by atoms with E-state index in [0.717, 1.165) is 42.9 Å². The summed E-state index contributed by atoms with van der Waals surface area (Å²) < 4.78 is 7.30. The normalized spacial score (nSPS) is 15.0. The van der Waals surface area contributed by atoms with Gasteiger partial charge in [0, 0.05) is 19.3 Å². The van der Waals surface area contributed by atoms with Gasteiger partial charge in [0.25, 0.3) is 0 Å². The lowest BCUT2D eigenvalue weighted by atomic mass is 10.1. The van der Waals surface area contributed by atoms with Crippen molar-refractivity contribution >= 4 is 29.9 Å². The van der Waals surface area contributed by atoms with Crippen molar-refractivity contribution in [2.75, 3.05) is 33.8 Å². The topological polar surface area (TPSA) is 79.6 Å².